The molecule has 0 aliphatic rings. The molecule has 0 bridgehead atoms. The molecule has 0 aromatic heterocycles. The maximum atomic E-state index is 13.0. The van der Waals surface area contributed by atoms with Gasteiger partial charge in [-0.25, -0.2) is 0 Å². The summed E-state index contributed by atoms with van der Waals surface area (Å²) in [5.74, 6) is -7.23. The fraction of sp³-hybridized carbons (Fsp3) is 0.455. The van der Waals surface area contributed by atoms with Gasteiger partial charge in [-0.2, -0.15) is 22.0 Å². The zero-order chi connectivity index (χ0) is 13.5. The van der Waals surface area contributed by atoms with Gasteiger partial charge in [0, 0.05) is 0 Å². The van der Waals surface area contributed by atoms with Gasteiger partial charge in [0.25, 0.3) is 0 Å². The van der Waals surface area contributed by atoms with E-state index in [9.17, 15) is 22.0 Å². The van der Waals surface area contributed by atoms with Gasteiger partial charge in [-0.05, 0) is 12.5 Å². The minimum Gasteiger partial charge on any atom is -0.494 e. The number of hydrogen-bond acceptors (Lipinski definition) is 1. The van der Waals surface area contributed by atoms with E-state index >= 15 is 0 Å². The molecule has 0 spiro atoms. The van der Waals surface area contributed by atoms with Gasteiger partial charge in [-0.3, -0.25) is 0 Å². The molecule has 0 radical (unpaired) electrons. The minimum absolute atomic E-state index is 0.0502. The molecule has 0 aromatic rings. The molecule has 0 saturated carbocycles. The SMILES string of the molecule is C=CCOC(=CCC)CC(F)(F)C(F)=C(F)F. The Morgan fingerprint density at radius 1 is 1.29 bits per heavy atom. The average Bonchev–Trinajstić information content (AvgIpc) is 2.24. The van der Waals surface area contributed by atoms with Crippen LogP contribution in [0.1, 0.15) is 19.8 Å². The van der Waals surface area contributed by atoms with Crippen LogP contribution < -0.4 is 0 Å². The molecular weight excluding hydrogens is 243 g/mol. The Morgan fingerprint density at radius 2 is 1.88 bits per heavy atom. The third kappa shape index (κ3) is 5.51. The fourth-order valence-electron chi connectivity index (χ4n) is 1.01. The average molecular weight is 256 g/mol. The number of ether oxygens (including phenoxy) is 1. The van der Waals surface area contributed by atoms with Gasteiger partial charge in [0.1, 0.15) is 6.61 Å². The highest BCUT2D eigenvalue weighted by molar-refractivity contribution is 5.10. The first-order valence-corrected chi connectivity index (χ1v) is 4.87. The molecule has 0 unspecified atom stereocenters. The summed E-state index contributed by atoms with van der Waals surface area (Å²) >= 11 is 0. The lowest BCUT2D eigenvalue weighted by atomic mass is 10.1. The third-order valence-electron chi connectivity index (χ3n) is 1.70. The van der Waals surface area contributed by atoms with Gasteiger partial charge in [-0.1, -0.05) is 19.6 Å². The van der Waals surface area contributed by atoms with Crippen LogP contribution in [0, 0.1) is 0 Å². The molecule has 98 valence electrons. The molecule has 1 nitrogen and oxygen atoms in total. The lowest BCUT2D eigenvalue weighted by Gasteiger charge is -2.16. The Morgan fingerprint density at radius 3 is 2.29 bits per heavy atom. The smallest absolute Gasteiger partial charge is 0.311 e. The summed E-state index contributed by atoms with van der Waals surface area (Å²) in [6, 6.07) is 0. The van der Waals surface area contributed by atoms with Crippen molar-refractivity contribution in [1.29, 1.82) is 0 Å². The Balaban J connectivity index is 4.81. The normalized spacial score (nSPS) is 12.2. The first kappa shape index (κ1) is 15.7. The molecule has 0 saturated heterocycles. The molecule has 0 fully saturated rings. The fourth-order valence-corrected chi connectivity index (χ4v) is 1.01. The minimum atomic E-state index is -4.26. The molecule has 0 heterocycles. The largest absolute Gasteiger partial charge is 0.494 e. The number of halogens is 5. The second-order valence-electron chi connectivity index (χ2n) is 3.13. The summed E-state index contributed by atoms with van der Waals surface area (Å²) in [7, 11) is 0. The number of hydrogen-bond donors (Lipinski definition) is 0. The van der Waals surface area contributed by atoms with Crippen LogP contribution in [0.15, 0.2) is 36.4 Å². The van der Waals surface area contributed by atoms with Gasteiger partial charge >= 0.3 is 12.0 Å². The first-order valence-electron chi connectivity index (χ1n) is 4.87. The van der Waals surface area contributed by atoms with Crippen molar-refractivity contribution in [2.45, 2.75) is 25.7 Å². The highest BCUT2D eigenvalue weighted by atomic mass is 19.3. The van der Waals surface area contributed by atoms with E-state index in [2.05, 4.69) is 6.58 Å². The second kappa shape index (κ2) is 7.09. The van der Waals surface area contributed by atoms with E-state index in [0.717, 1.165) is 0 Å². The van der Waals surface area contributed by atoms with Crippen molar-refractivity contribution >= 4 is 0 Å². The monoisotopic (exact) mass is 256 g/mol. The topological polar surface area (TPSA) is 9.23 Å². The van der Waals surface area contributed by atoms with Crippen LogP contribution in [0.2, 0.25) is 0 Å². The van der Waals surface area contributed by atoms with Gasteiger partial charge in [0.15, 0.2) is 0 Å². The van der Waals surface area contributed by atoms with E-state index in [1.54, 1.807) is 6.92 Å². The lowest BCUT2D eigenvalue weighted by Crippen LogP contribution is -2.19. The van der Waals surface area contributed by atoms with Crippen LogP contribution in [0.5, 0.6) is 0 Å². The Labute approximate surface area is 96.3 Å². The standard InChI is InChI=1S/C11H13F5O/c1-3-5-8(17-6-4-2)7-11(15,16)9(12)10(13)14/h4-5H,2-3,6-7H2,1H3. The summed E-state index contributed by atoms with van der Waals surface area (Å²) in [6.07, 6.45) is -1.30. The molecule has 0 atom stereocenters. The summed E-state index contributed by atoms with van der Waals surface area (Å²) < 4.78 is 66.9. The molecule has 6 heteroatoms. The molecule has 17 heavy (non-hydrogen) atoms. The van der Waals surface area contributed by atoms with Gasteiger partial charge in [0.05, 0.1) is 12.2 Å². The van der Waals surface area contributed by atoms with Crippen molar-refractivity contribution in [3.8, 4) is 0 Å². The summed E-state index contributed by atoms with van der Waals surface area (Å²) in [6.45, 7) is 4.91. The molecular formula is C11H13F5O. The Hall–Kier alpha value is -1.33. The molecule has 0 N–H and O–H groups in total. The Kier molecular flexibility index (Phi) is 6.53. The van der Waals surface area contributed by atoms with Gasteiger partial charge in [0.2, 0.25) is 5.83 Å². The highest BCUT2D eigenvalue weighted by Gasteiger charge is 2.40. The van der Waals surface area contributed by atoms with Crippen molar-refractivity contribution < 1.29 is 26.7 Å². The van der Waals surface area contributed by atoms with Crippen LogP contribution in [0.25, 0.3) is 0 Å². The van der Waals surface area contributed by atoms with Crippen LogP contribution in [-0.2, 0) is 4.74 Å². The van der Waals surface area contributed by atoms with Crippen LogP contribution in [0.4, 0.5) is 22.0 Å². The molecule has 0 aliphatic carbocycles. The zero-order valence-corrected chi connectivity index (χ0v) is 9.28. The number of rotatable bonds is 7. The number of alkyl halides is 2. The van der Waals surface area contributed by atoms with Crippen molar-refractivity contribution in [1.82, 2.24) is 0 Å². The highest BCUT2D eigenvalue weighted by Crippen LogP contribution is 2.35. The van der Waals surface area contributed by atoms with E-state index in [-0.39, 0.29) is 12.4 Å². The van der Waals surface area contributed by atoms with Gasteiger partial charge < -0.3 is 4.74 Å². The summed E-state index contributed by atoms with van der Waals surface area (Å²) in [5, 5.41) is 0. The van der Waals surface area contributed by atoms with Gasteiger partial charge in [-0.15, -0.1) is 0 Å². The quantitative estimate of drug-likeness (QED) is 0.368. The summed E-state index contributed by atoms with van der Waals surface area (Å²) in [5.41, 5.74) is 0. The van der Waals surface area contributed by atoms with E-state index in [4.69, 9.17) is 4.74 Å². The maximum Gasteiger partial charge on any atom is 0.311 e. The maximum absolute atomic E-state index is 13.0. The van der Waals surface area contributed by atoms with Crippen LogP contribution >= 0.6 is 0 Å². The van der Waals surface area contributed by atoms with Crippen molar-refractivity contribution in [3.05, 3.63) is 36.4 Å². The van der Waals surface area contributed by atoms with Crippen LogP contribution in [0.3, 0.4) is 0 Å². The molecule has 0 amide bonds. The van der Waals surface area contributed by atoms with E-state index in [0.29, 0.717) is 6.42 Å². The molecule has 0 aromatic carbocycles. The molecule has 0 rings (SSSR count). The van der Waals surface area contributed by atoms with E-state index < -0.39 is 24.3 Å². The molecule has 0 aliphatic heterocycles. The third-order valence-corrected chi connectivity index (χ3v) is 1.70. The zero-order valence-electron chi connectivity index (χ0n) is 9.28. The predicted molar refractivity (Wildman–Crippen MR) is 54.4 cm³/mol. The second-order valence-corrected chi connectivity index (χ2v) is 3.13. The Bertz CT molecular complexity index is 316. The van der Waals surface area contributed by atoms with Crippen molar-refractivity contribution in [2.24, 2.45) is 0 Å². The van der Waals surface area contributed by atoms with Crippen molar-refractivity contribution in [2.75, 3.05) is 6.61 Å². The van der Waals surface area contributed by atoms with Crippen molar-refractivity contribution in [3.63, 3.8) is 0 Å². The summed E-state index contributed by atoms with van der Waals surface area (Å²) in [4.78, 5) is 0. The number of allylic oxidation sites excluding steroid dienone is 3. The van der Waals surface area contributed by atoms with E-state index in [1.165, 1.54) is 12.2 Å². The lowest BCUT2D eigenvalue weighted by molar-refractivity contribution is -0.00219. The first-order chi connectivity index (χ1) is 7.85. The van der Waals surface area contributed by atoms with E-state index in [1.807, 2.05) is 0 Å². The van der Waals surface area contributed by atoms with Crippen LogP contribution in [-0.4, -0.2) is 12.5 Å². The predicted octanol–water partition coefficient (Wildman–Crippen LogP) is 4.59.